The molecule has 5 rings (SSSR count). The number of rotatable bonds is 8. The molecule has 11 heteroatoms. The van der Waals surface area contributed by atoms with E-state index in [9.17, 15) is 19.7 Å². The van der Waals surface area contributed by atoms with Gasteiger partial charge in [0.25, 0.3) is 11.2 Å². The number of carbonyl (C=O) groups is 1. The lowest BCUT2D eigenvalue weighted by molar-refractivity contribution is -0.384. The molecule has 0 radical (unpaired) electrons. The molecule has 43 heavy (non-hydrogen) atoms. The van der Waals surface area contributed by atoms with Gasteiger partial charge in [-0.2, -0.15) is 0 Å². The van der Waals surface area contributed by atoms with Crippen molar-refractivity contribution in [3.63, 3.8) is 0 Å². The molecule has 0 unspecified atom stereocenters. The number of ether oxygens (including phenoxy) is 2. The normalized spacial score (nSPS) is 15.0. The van der Waals surface area contributed by atoms with Crippen LogP contribution in [0.15, 0.2) is 75.7 Å². The van der Waals surface area contributed by atoms with E-state index < -0.39 is 16.9 Å². The summed E-state index contributed by atoms with van der Waals surface area (Å²) in [5.74, 6) is 0.171. The van der Waals surface area contributed by atoms with Gasteiger partial charge in [0.1, 0.15) is 5.75 Å². The van der Waals surface area contributed by atoms with Crippen LogP contribution in [0, 0.1) is 24.0 Å². The molecule has 1 aliphatic heterocycles. The van der Waals surface area contributed by atoms with Gasteiger partial charge in [-0.3, -0.25) is 19.5 Å². The Kier molecular flexibility index (Phi) is 8.19. The first-order valence-electron chi connectivity index (χ1n) is 13.9. The Morgan fingerprint density at radius 2 is 1.79 bits per heavy atom. The number of nitro benzene ring substituents is 1. The monoisotopic (exact) mass is 600 g/mol. The number of fused-ring (bicyclic) bond motifs is 1. The highest BCUT2D eigenvalue weighted by Gasteiger charge is 2.34. The Bertz CT molecular complexity index is 1930. The largest absolute Gasteiger partial charge is 0.494 e. The molecule has 10 nitrogen and oxygen atoms in total. The number of aryl methyl sites for hydroxylation is 1. The highest BCUT2D eigenvalue weighted by atomic mass is 32.1. The number of allylic oxidation sites excluding steroid dienone is 1. The van der Waals surface area contributed by atoms with E-state index in [1.807, 2.05) is 61.7 Å². The van der Waals surface area contributed by atoms with Crippen LogP contribution in [0.4, 0.5) is 5.69 Å². The predicted molar refractivity (Wildman–Crippen MR) is 165 cm³/mol. The third kappa shape index (κ3) is 5.68. The third-order valence-corrected chi connectivity index (χ3v) is 8.15. The quantitative estimate of drug-likeness (QED) is 0.161. The second-order valence-corrected chi connectivity index (χ2v) is 11.5. The van der Waals surface area contributed by atoms with Gasteiger partial charge >= 0.3 is 5.97 Å². The maximum absolute atomic E-state index is 14.1. The molecule has 2 aromatic carbocycles. The Morgan fingerprint density at radius 1 is 1.12 bits per heavy atom. The van der Waals surface area contributed by atoms with Crippen LogP contribution in [-0.4, -0.2) is 32.7 Å². The molecule has 0 fully saturated rings. The number of hydrogen-bond donors (Lipinski definition) is 0. The number of non-ortho nitro benzene ring substituents is 1. The second kappa shape index (κ2) is 11.8. The molecule has 1 atom stereocenters. The number of nitro groups is 1. The highest BCUT2D eigenvalue weighted by molar-refractivity contribution is 7.07. The fourth-order valence-corrected chi connectivity index (χ4v) is 6.32. The zero-order chi connectivity index (χ0) is 31.0. The van der Waals surface area contributed by atoms with Gasteiger partial charge in [-0.25, -0.2) is 9.79 Å². The number of thiazole rings is 1. The van der Waals surface area contributed by atoms with Gasteiger partial charge in [-0.05, 0) is 89.1 Å². The minimum absolute atomic E-state index is 0.0153. The van der Waals surface area contributed by atoms with Gasteiger partial charge in [0.15, 0.2) is 4.80 Å². The molecule has 0 saturated heterocycles. The summed E-state index contributed by atoms with van der Waals surface area (Å²) in [7, 11) is 0. The number of carbonyl (C=O) groups excluding carboxylic acids is 1. The van der Waals surface area contributed by atoms with Crippen molar-refractivity contribution in [2.75, 3.05) is 6.61 Å². The molecular formula is C32H32N4O6S. The molecular weight excluding hydrogens is 568 g/mol. The fourth-order valence-electron chi connectivity index (χ4n) is 5.28. The number of nitrogens with zero attached hydrogens (tertiary/aromatic N) is 4. The lowest BCUT2D eigenvalue weighted by atomic mass is 9.96. The van der Waals surface area contributed by atoms with Crippen molar-refractivity contribution < 1.29 is 19.2 Å². The van der Waals surface area contributed by atoms with Crippen LogP contribution >= 0.6 is 11.3 Å². The van der Waals surface area contributed by atoms with Crippen LogP contribution in [-0.2, 0) is 9.53 Å². The Hall–Kier alpha value is -4.77. The van der Waals surface area contributed by atoms with E-state index in [0.717, 1.165) is 28.2 Å². The molecule has 0 spiro atoms. The number of benzene rings is 2. The summed E-state index contributed by atoms with van der Waals surface area (Å²) in [5.41, 5.74) is 4.67. The van der Waals surface area contributed by atoms with Gasteiger partial charge in [0.05, 0.1) is 39.5 Å². The topological polar surface area (TPSA) is 118 Å². The Balaban J connectivity index is 1.64. The van der Waals surface area contributed by atoms with Crippen LogP contribution in [0.3, 0.4) is 0 Å². The fraction of sp³-hybridized carbons (Fsp3) is 0.281. The van der Waals surface area contributed by atoms with Crippen LogP contribution in [0.1, 0.15) is 56.3 Å². The lowest BCUT2D eigenvalue weighted by Crippen LogP contribution is -2.40. The van der Waals surface area contributed by atoms with Crippen molar-refractivity contribution >= 4 is 29.1 Å². The van der Waals surface area contributed by atoms with Crippen molar-refractivity contribution in [1.29, 1.82) is 0 Å². The van der Waals surface area contributed by atoms with Gasteiger partial charge in [0.2, 0.25) is 0 Å². The Labute approximate surface area is 252 Å². The summed E-state index contributed by atoms with van der Waals surface area (Å²) in [4.78, 5) is 43.2. The lowest BCUT2D eigenvalue weighted by Gasteiger charge is -2.25. The van der Waals surface area contributed by atoms with Crippen molar-refractivity contribution in [3.05, 3.63) is 118 Å². The van der Waals surface area contributed by atoms with Crippen LogP contribution in [0.25, 0.3) is 11.8 Å². The van der Waals surface area contributed by atoms with E-state index >= 15 is 0 Å². The van der Waals surface area contributed by atoms with E-state index in [4.69, 9.17) is 9.47 Å². The van der Waals surface area contributed by atoms with Crippen molar-refractivity contribution in [2.24, 2.45) is 4.99 Å². The standard InChI is InChI=1S/C32H32N4O6S/c1-7-41-26-14-8-22(9-15-26)29-28(31(38)42-18(2)3)20(5)33-32-35(29)30(37)27(43-32)17-23-16-19(4)34(21(23)6)24-10-12-25(13-11-24)36(39)40/h8-18,29H,7H2,1-6H3/b27-17+/t29-/m0/s1. The zero-order valence-corrected chi connectivity index (χ0v) is 25.6. The summed E-state index contributed by atoms with van der Waals surface area (Å²) in [6.07, 6.45) is 1.48. The summed E-state index contributed by atoms with van der Waals surface area (Å²) >= 11 is 1.26. The van der Waals surface area contributed by atoms with Crippen molar-refractivity contribution in [2.45, 2.75) is 53.7 Å². The highest BCUT2D eigenvalue weighted by Crippen LogP contribution is 2.32. The summed E-state index contributed by atoms with van der Waals surface area (Å²) in [6, 6.07) is 14.9. The minimum Gasteiger partial charge on any atom is -0.494 e. The van der Waals surface area contributed by atoms with Crippen LogP contribution in [0.2, 0.25) is 0 Å². The number of hydrogen-bond acceptors (Lipinski definition) is 8. The average Bonchev–Trinajstić information content (AvgIpc) is 3.41. The molecule has 0 aliphatic carbocycles. The molecule has 3 heterocycles. The van der Waals surface area contributed by atoms with Crippen LogP contribution in [0.5, 0.6) is 5.75 Å². The molecule has 222 valence electrons. The molecule has 4 aromatic rings. The predicted octanol–water partition coefficient (Wildman–Crippen LogP) is 4.90. The van der Waals surface area contributed by atoms with Gasteiger partial charge in [0, 0.05) is 29.2 Å². The molecule has 0 N–H and O–H groups in total. The first kappa shape index (κ1) is 29.7. The first-order valence-corrected chi connectivity index (χ1v) is 14.7. The minimum atomic E-state index is -0.729. The number of aromatic nitrogens is 2. The maximum Gasteiger partial charge on any atom is 0.338 e. The van der Waals surface area contributed by atoms with Crippen molar-refractivity contribution in [3.8, 4) is 11.4 Å². The summed E-state index contributed by atoms with van der Waals surface area (Å²) in [5, 5.41) is 11.1. The van der Waals surface area contributed by atoms with E-state index in [1.54, 1.807) is 37.5 Å². The van der Waals surface area contributed by atoms with E-state index in [0.29, 0.717) is 33.0 Å². The first-order chi connectivity index (χ1) is 20.5. The third-order valence-electron chi connectivity index (χ3n) is 7.17. The summed E-state index contributed by atoms with van der Waals surface area (Å²) < 4.78 is 15.2. The van der Waals surface area contributed by atoms with E-state index in [2.05, 4.69) is 4.99 Å². The Morgan fingerprint density at radius 3 is 2.40 bits per heavy atom. The second-order valence-electron chi connectivity index (χ2n) is 10.5. The molecule has 1 aliphatic rings. The van der Waals surface area contributed by atoms with E-state index in [1.165, 1.54) is 23.5 Å². The van der Waals surface area contributed by atoms with Crippen molar-refractivity contribution in [1.82, 2.24) is 9.13 Å². The van der Waals surface area contributed by atoms with E-state index in [-0.39, 0.29) is 17.4 Å². The average molecular weight is 601 g/mol. The zero-order valence-electron chi connectivity index (χ0n) is 24.8. The molecule has 0 saturated carbocycles. The molecule has 0 amide bonds. The molecule has 0 bridgehead atoms. The molecule has 2 aromatic heterocycles. The van der Waals surface area contributed by atoms with Gasteiger partial charge in [-0.1, -0.05) is 23.5 Å². The SMILES string of the molecule is CCOc1ccc([C@H]2C(C(=O)OC(C)C)=C(C)N=c3s/c(=C/c4cc(C)n(-c5ccc([N+](=O)[O-])cc5)c4C)c(=O)n32)cc1. The smallest absolute Gasteiger partial charge is 0.338 e. The number of esters is 1. The maximum atomic E-state index is 14.1. The van der Waals surface area contributed by atoms with Crippen LogP contribution < -0.4 is 19.6 Å². The van der Waals surface area contributed by atoms with Gasteiger partial charge in [-0.15, -0.1) is 0 Å². The van der Waals surface area contributed by atoms with Gasteiger partial charge < -0.3 is 14.0 Å². The summed E-state index contributed by atoms with van der Waals surface area (Å²) in [6.45, 7) is 11.6.